The summed E-state index contributed by atoms with van der Waals surface area (Å²) in [5.41, 5.74) is 0.00422. The Hall–Kier alpha value is -2.86. The molecule has 2 N–H and O–H groups in total. The molecule has 0 spiro atoms. The van der Waals surface area contributed by atoms with Crippen LogP contribution in [-0.2, 0) is 9.84 Å². The summed E-state index contributed by atoms with van der Waals surface area (Å²) in [7, 11) is -3.10. The van der Waals surface area contributed by atoms with E-state index in [9.17, 15) is 22.3 Å². The molecule has 0 amide bonds. The van der Waals surface area contributed by atoms with Gasteiger partial charge in [-0.15, -0.1) is 0 Å². The molecular weight excluding hydrogens is 490 g/mol. The number of nitrogens with one attached hydrogen (secondary N) is 1. The van der Waals surface area contributed by atoms with E-state index in [-0.39, 0.29) is 35.0 Å². The fraction of sp³-hybridized carbons (Fsp3) is 0.542. The lowest BCUT2D eigenvalue weighted by Crippen LogP contribution is -2.42. The minimum absolute atomic E-state index is 0.0103. The van der Waals surface area contributed by atoms with E-state index < -0.39 is 21.9 Å². The molecule has 194 valence electrons. The summed E-state index contributed by atoms with van der Waals surface area (Å²) < 4.78 is 52.1. The lowest BCUT2D eigenvalue weighted by Gasteiger charge is -2.38. The van der Waals surface area contributed by atoms with E-state index in [1.54, 1.807) is 18.3 Å². The molecule has 3 aromatic rings. The largest absolute Gasteiger partial charge is 0.390 e. The normalized spacial score (nSPS) is 20.9. The maximum absolute atomic E-state index is 13.3. The molecule has 0 radical (unpaired) electrons. The molecule has 1 aromatic carbocycles. The van der Waals surface area contributed by atoms with Gasteiger partial charge in [-0.1, -0.05) is 12.1 Å². The Morgan fingerprint density at radius 2 is 1.92 bits per heavy atom. The van der Waals surface area contributed by atoms with E-state index in [0.717, 1.165) is 12.8 Å². The molecule has 12 heteroatoms. The number of hydrogen-bond acceptors (Lipinski definition) is 8. The van der Waals surface area contributed by atoms with Gasteiger partial charge < -0.3 is 15.3 Å². The number of rotatable bonds is 6. The van der Waals surface area contributed by atoms with Crippen LogP contribution in [0.2, 0.25) is 0 Å². The minimum atomic E-state index is -3.10. The number of fused-ring (bicyclic) bond motifs is 1. The summed E-state index contributed by atoms with van der Waals surface area (Å²) in [6.07, 6.45) is 1.04. The Labute approximate surface area is 208 Å². The number of benzene rings is 1. The standard InChI is InChI=1S/C24H30F2N6O3S/c1-24(2,33)16-6-9-31(10-7-16)21-19-13-27-32(18-5-3-4-15(12-18)20(25)26)22(19)30-23(29-21)28-17-8-11-36(34,35)14-17/h3-5,12-13,16-17,20,33H,6-11,14H2,1-2H3,(H,28,29,30)/t17-/m0/s1. The number of sulfone groups is 1. The molecular formula is C24H30F2N6O3S. The quantitative estimate of drug-likeness (QED) is 0.509. The van der Waals surface area contributed by atoms with Gasteiger partial charge in [0.1, 0.15) is 5.82 Å². The van der Waals surface area contributed by atoms with Crippen LogP contribution < -0.4 is 10.2 Å². The molecule has 4 heterocycles. The zero-order valence-electron chi connectivity index (χ0n) is 20.2. The third-order valence-corrected chi connectivity index (χ3v) is 8.90. The SMILES string of the molecule is CC(C)(O)C1CCN(c2nc(N[C@H]3CCS(=O)(=O)C3)nc3c2cnn3-c2cccc(C(F)F)c2)CC1. The summed E-state index contributed by atoms with van der Waals surface area (Å²) >= 11 is 0. The van der Waals surface area contributed by atoms with Crippen molar-refractivity contribution in [2.45, 2.75) is 51.2 Å². The number of hydrogen-bond donors (Lipinski definition) is 2. The zero-order chi connectivity index (χ0) is 25.7. The molecule has 2 aliphatic heterocycles. The van der Waals surface area contributed by atoms with Crippen molar-refractivity contribution in [1.29, 1.82) is 0 Å². The first-order valence-electron chi connectivity index (χ1n) is 12.1. The molecule has 2 saturated heterocycles. The van der Waals surface area contributed by atoms with Crippen molar-refractivity contribution in [1.82, 2.24) is 19.7 Å². The summed E-state index contributed by atoms with van der Waals surface area (Å²) in [6.45, 7) is 4.99. The minimum Gasteiger partial charge on any atom is -0.390 e. The Morgan fingerprint density at radius 1 is 1.17 bits per heavy atom. The van der Waals surface area contributed by atoms with Gasteiger partial charge >= 0.3 is 0 Å². The Balaban J connectivity index is 1.55. The van der Waals surface area contributed by atoms with Crippen molar-refractivity contribution < 1.29 is 22.3 Å². The third-order valence-electron chi connectivity index (χ3n) is 7.13. The van der Waals surface area contributed by atoms with Gasteiger partial charge in [-0.2, -0.15) is 15.1 Å². The van der Waals surface area contributed by atoms with Gasteiger partial charge in [0.05, 0.1) is 34.4 Å². The van der Waals surface area contributed by atoms with Crippen molar-refractivity contribution in [3.05, 3.63) is 36.0 Å². The number of nitrogens with zero attached hydrogens (tertiary/aromatic N) is 5. The molecule has 2 aromatic heterocycles. The monoisotopic (exact) mass is 520 g/mol. The highest BCUT2D eigenvalue weighted by Gasteiger charge is 2.33. The highest BCUT2D eigenvalue weighted by Crippen LogP contribution is 2.34. The number of aliphatic hydroxyl groups is 1. The average Bonchev–Trinajstić information content (AvgIpc) is 3.40. The first kappa shape index (κ1) is 24.8. The van der Waals surface area contributed by atoms with Crippen molar-refractivity contribution in [3.63, 3.8) is 0 Å². The van der Waals surface area contributed by atoms with Crippen LogP contribution in [0.5, 0.6) is 0 Å². The molecule has 0 aliphatic carbocycles. The number of aromatic nitrogens is 4. The van der Waals surface area contributed by atoms with Crippen LogP contribution in [0.1, 0.15) is 45.1 Å². The lowest BCUT2D eigenvalue weighted by molar-refractivity contribution is 0.00648. The van der Waals surface area contributed by atoms with Crippen LogP contribution >= 0.6 is 0 Å². The van der Waals surface area contributed by atoms with Crippen molar-refractivity contribution in [3.8, 4) is 5.69 Å². The van der Waals surface area contributed by atoms with Gasteiger partial charge in [0, 0.05) is 24.7 Å². The van der Waals surface area contributed by atoms with Gasteiger partial charge in [-0.3, -0.25) is 0 Å². The molecule has 36 heavy (non-hydrogen) atoms. The molecule has 1 atom stereocenters. The maximum Gasteiger partial charge on any atom is 0.263 e. The molecule has 9 nitrogen and oxygen atoms in total. The average molecular weight is 521 g/mol. The van der Waals surface area contributed by atoms with E-state index in [2.05, 4.69) is 20.3 Å². The van der Waals surface area contributed by atoms with E-state index in [0.29, 0.717) is 42.0 Å². The first-order valence-corrected chi connectivity index (χ1v) is 13.9. The predicted molar refractivity (Wildman–Crippen MR) is 134 cm³/mol. The number of anilines is 2. The van der Waals surface area contributed by atoms with E-state index in [1.807, 2.05) is 13.8 Å². The van der Waals surface area contributed by atoms with Crippen LogP contribution in [0, 0.1) is 5.92 Å². The Bertz CT molecular complexity index is 1360. The van der Waals surface area contributed by atoms with Crippen LogP contribution in [0.25, 0.3) is 16.7 Å². The molecule has 0 bridgehead atoms. The van der Waals surface area contributed by atoms with Crippen LogP contribution in [0.3, 0.4) is 0 Å². The van der Waals surface area contributed by atoms with Crippen molar-refractivity contribution in [2.75, 3.05) is 34.8 Å². The highest BCUT2D eigenvalue weighted by molar-refractivity contribution is 7.91. The van der Waals surface area contributed by atoms with Gasteiger partial charge in [0.25, 0.3) is 6.43 Å². The van der Waals surface area contributed by atoms with Crippen LogP contribution in [0.15, 0.2) is 30.5 Å². The Morgan fingerprint density at radius 3 is 2.56 bits per heavy atom. The Kier molecular flexibility index (Phi) is 6.36. The van der Waals surface area contributed by atoms with E-state index >= 15 is 0 Å². The summed E-state index contributed by atoms with van der Waals surface area (Å²) in [4.78, 5) is 11.5. The molecule has 2 fully saturated rings. The second-order valence-corrected chi connectivity index (χ2v) is 12.4. The summed E-state index contributed by atoms with van der Waals surface area (Å²) in [5, 5.41) is 18.7. The van der Waals surface area contributed by atoms with Crippen LogP contribution in [-0.4, -0.2) is 69.5 Å². The first-order chi connectivity index (χ1) is 17.0. The predicted octanol–water partition coefficient (Wildman–Crippen LogP) is 3.34. The number of halogens is 2. The second kappa shape index (κ2) is 9.22. The van der Waals surface area contributed by atoms with E-state index in [1.165, 1.54) is 16.8 Å². The van der Waals surface area contributed by atoms with Crippen molar-refractivity contribution >= 4 is 32.6 Å². The maximum atomic E-state index is 13.3. The topological polar surface area (TPSA) is 113 Å². The molecule has 5 rings (SSSR count). The number of piperidine rings is 1. The molecule has 0 unspecified atom stereocenters. The summed E-state index contributed by atoms with van der Waals surface area (Å²) in [6, 6.07) is 5.67. The van der Waals surface area contributed by atoms with Gasteiger partial charge in [-0.25, -0.2) is 21.9 Å². The van der Waals surface area contributed by atoms with Gasteiger partial charge in [-0.05, 0) is 51.2 Å². The fourth-order valence-corrected chi connectivity index (χ4v) is 6.74. The van der Waals surface area contributed by atoms with E-state index in [4.69, 9.17) is 4.98 Å². The summed E-state index contributed by atoms with van der Waals surface area (Å²) in [5.74, 6) is 1.20. The smallest absolute Gasteiger partial charge is 0.263 e. The third kappa shape index (κ3) is 5.01. The fourth-order valence-electron chi connectivity index (χ4n) is 5.07. The van der Waals surface area contributed by atoms with Crippen LogP contribution in [0.4, 0.5) is 20.5 Å². The molecule has 0 saturated carbocycles. The zero-order valence-corrected chi connectivity index (χ0v) is 21.0. The lowest BCUT2D eigenvalue weighted by atomic mass is 9.83. The van der Waals surface area contributed by atoms with Gasteiger partial charge in [0.2, 0.25) is 5.95 Å². The number of alkyl halides is 2. The highest BCUT2D eigenvalue weighted by atomic mass is 32.2. The van der Waals surface area contributed by atoms with Gasteiger partial charge in [0.15, 0.2) is 15.5 Å². The van der Waals surface area contributed by atoms with Crippen molar-refractivity contribution in [2.24, 2.45) is 5.92 Å². The second-order valence-electron chi connectivity index (χ2n) is 10.2. The molecule has 2 aliphatic rings.